The minimum Gasteiger partial charge on any atom is -0.311 e. The van der Waals surface area contributed by atoms with E-state index in [9.17, 15) is 0 Å². The van der Waals surface area contributed by atoms with Crippen LogP contribution in [0.25, 0.3) is 77.9 Å². The second kappa shape index (κ2) is 20.2. The Bertz CT molecular complexity index is 4050. The maximum absolute atomic E-state index is 2.58. The van der Waals surface area contributed by atoms with Crippen molar-refractivity contribution in [3.63, 3.8) is 0 Å². The van der Waals surface area contributed by atoms with Crippen LogP contribution in [0.2, 0.25) is 0 Å². The zero-order valence-electron chi connectivity index (χ0n) is 46.8. The number of benzene rings is 12. The molecule has 0 spiro atoms. The van der Waals surface area contributed by atoms with Gasteiger partial charge in [-0.3, -0.25) is 0 Å². The average Bonchev–Trinajstić information content (AvgIpc) is 3.29. The topological polar surface area (TPSA) is 6.48 Å². The highest BCUT2D eigenvalue weighted by Gasteiger charge is 2.44. The van der Waals surface area contributed by atoms with Crippen molar-refractivity contribution in [2.24, 2.45) is 0 Å². The SMILES string of the molecule is Cc1cc(C)c(-c2ccc3c(c2)B2c4cc(-c5c(C)cc(C)cc5C)ccc4N(c4ccc(-c5ccccc5)cc4)c4cc(-c5c(-c6ccccc6)cccc5-c5ccccc5)cc(c42)N3c2ccc(-c3ccccc3)cc2)c(C)c1. The standard InChI is InChI=1S/C78H61BN2/c1-50-42-52(3)75(53(4)43-50)62-34-40-71-69(46-62)79-70-47-63(76-54(5)44-51(2)45-55(76)6)35-41-72(70)81(66-38-32-59(33-39-66)57-22-13-8-14-23-57)74-49-64(48-73(78(74)79)80(71)65-36-30-58(31-37-65)56-20-11-7-12-21-56)77-67(60-24-15-9-16-25-60)28-19-29-68(77)61-26-17-10-18-27-61/h7-49H,1-6H3. The first-order chi connectivity index (χ1) is 39.6. The number of hydrogen-bond acceptors (Lipinski definition) is 2. The lowest BCUT2D eigenvalue weighted by molar-refractivity contribution is 1.25. The van der Waals surface area contributed by atoms with Gasteiger partial charge in [-0.05, 0) is 207 Å². The highest BCUT2D eigenvalue weighted by molar-refractivity contribution is 7.00. The third-order valence-electron chi connectivity index (χ3n) is 17.0. The summed E-state index contributed by atoms with van der Waals surface area (Å²) in [7, 11) is 0. The lowest BCUT2D eigenvalue weighted by Gasteiger charge is -2.45. The van der Waals surface area contributed by atoms with E-state index in [4.69, 9.17) is 0 Å². The number of nitrogens with zero attached hydrogens (tertiary/aromatic N) is 2. The van der Waals surface area contributed by atoms with E-state index >= 15 is 0 Å². The van der Waals surface area contributed by atoms with E-state index in [1.807, 2.05) is 0 Å². The zero-order chi connectivity index (χ0) is 54.9. The van der Waals surface area contributed by atoms with Gasteiger partial charge in [0, 0.05) is 34.1 Å². The summed E-state index contributed by atoms with van der Waals surface area (Å²) in [5, 5.41) is 0. The second-order valence-corrected chi connectivity index (χ2v) is 22.4. The fourth-order valence-electron chi connectivity index (χ4n) is 13.7. The number of aryl methyl sites for hydroxylation is 6. The maximum Gasteiger partial charge on any atom is 0.252 e. The van der Waals surface area contributed by atoms with Crippen LogP contribution in [0.1, 0.15) is 33.4 Å². The molecule has 12 aromatic rings. The lowest BCUT2D eigenvalue weighted by Crippen LogP contribution is -2.61. The third-order valence-corrected chi connectivity index (χ3v) is 17.0. The molecule has 2 nitrogen and oxygen atoms in total. The zero-order valence-corrected chi connectivity index (χ0v) is 46.8. The first-order valence-corrected chi connectivity index (χ1v) is 28.4. The van der Waals surface area contributed by atoms with Gasteiger partial charge >= 0.3 is 0 Å². The van der Waals surface area contributed by atoms with Gasteiger partial charge in [0.1, 0.15) is 0 Å². The van der Waals surface area contributed by atoms with Crippen LogP contribution in [0.5, 0.6) is 0 Å². The lowest BCUT2D eigenvalue weighted by atomic mass is 9.33. The van der Waals surface area contributed by atoms with Crippen molar-refractivity contribution in [1.29, 1.82) is 0 Å². The van der Waals surface area contributed by atoms with E-state index in [-0.39, 0.29) is 6.71 Å². The van der Waals surface area contributed by atoms with Gasteiger partial charge in [0.15, 0.2) is 0 Å². The minimum absolute atomic E-state index is 0.135. The molecule has 2 aliphatic rings. The summed E-state index contributed by atoms with van der Waals surface area (Å²) < 4.78 is 0. The summed E-state index contributed by atoms with van der Waals surface area (Å²) in [4.78, 5) is 5.16. The van der Waals surface area contributed by atoms with Gasteiger partial charge < -0.3 is 9.80 Å². The Morgan fingerprint density at radius 3 is 0.951 bits per heavy atom. The monoisotopic (exact) mass is 1040 g/mol. The summed E-state index contributed by atoms with van der Waals surface area (Å²) >= 11 is 0. The van der Waals surface area contributed by atoms with E-state index < -0.39 is 0 Å². The third kappa shape index (κ3) is 8.69. The van der Waals surface area contributed by atoms with E-state index in [2.05, 4.69) is 312 Å². The van der Waals surface area contributed by atoms with Gasteiger partial charge in [0.05, 0.1) is 0 Å². The van der Waals surface area contributed by atoms with Crippen molar-refractivity contribution in [2.45, 2.75) is 41.5 Å². The van der Waals surface area contributed by atoms with Gasteiger partial charge in [0.2, 0.25) is 0 Å². The predicted molar refractivity (Wildman–Crippen MR) is 347 cm³/mol. The number of anilines is 6. The van der Waals surface area contributed by atoms with Crippen molar-refractivity contribution in [2.75, 3.05) is 9.80 Å². The van der Waals surface area contributed by atoms with Gasteiger partial charge in [0.25, 0.3) is 6.71 Å². The van der Waals surface area contributed by atoms with Crippen molar-refractivity contribution < 1.29 is 0 Å². The largest absolute Gasteiger partial charge is 0.311 e. The second-order valence-electron chi connectivity index (χ2n) is 22.4. The molecule has 0 unspecified atom stereocenters. The van der Waals surface area contributed by atoms with Crippen LogP contribution < -0.4 is 26.2 Å². The van der Waals surface area contributed by atoms with E-state index in [0.29, 0.717) is 0 Å². The predicted octanol–water partition coefficient (Wildman–Crippen LogP) is 19.3. The summed E-state index contributed by atoms with van der Waals surface area (Å²) in [5.41, 5.74) is 35.3. The highest BCUT2D eigenvalue weighted by atomic mass is 15.2. The van der Waals surface area contributed by atoms with Gasteiger partial charge in [-0.1, -0.05) is 223 Å². The van der Waals surface area contributed by atoms with Crippen LogP contribution in [0.4, 0.5) is 34.1 Å². The van der Waals surface area contributed by atoms with Gasteiger partial charge in [-0.2, -0.15) is 0 Å². The van der Waals surface area contributed by atoms with E-state index in [1.165, 1.54) is 133 Å². The summed E-state index contributed by atoms with van der Waals surface area (Å²) in [5.74, 6) is 0. The van der Waals surface area contributed by atoms with E-state index in [1.54, 1.807) is 0 Å². The molecule has 81 heavy (non-hydrogen) atoms. The minimum atomic E-state index is -0.135. The van der Waals surface area contributed by atoms with E-state index in [0.717, 1.165) is 28.3 Å². The molecule has 0 saturated heterocycles. The van der Waals surface area contributed by atoms with Crippen LogP contribution in [-0.4, -0.2) is 6.71 Å². The van der Waals surface area contributed by atoms with Crippen molar-refractivity contribution >= 4 is 57.2 Å². The van der Waals surface area contributed by atoms with Crippen LogP contribution in [0, 0.1) is 41.5 Å². The molecule has 14 rings (SSSR count). The van der Waals surface area contributed by atoms with Crippen LogP contribution >= 0.6 is 0 Å². The molecule has 12 aromatic carbocycles. The fraction of sp³-hybridized carbons (Fsp3) is 0.0769. The number of rotatable bonds is 9. The molecule has 0 aromatic heterocycles. The molecule has 0 N–H and O–H groups in total. The van der Waals surface area contributed by atoms with Crippen LogP contribution in [0.15, 0.2) is 261 Å². The smallest absolute Gasteiger partial charge is 0.252 e. The van der Waals surface area contributed by atoms with Crippen molar-refractivity contribution in [3.05, 3.63) is 294 Å². The van der Waals surface area contributed by atoms with Gasteiger partial charge in [-0.15, -0.1) is 0 Å². The first-order valence-electron chi connectivity index (χ1n) is 28.4. The molecule has 3 heteroatoms. The van der Waals surface area contributed by atoms with Crippen LogP contribution in [-0.2, 0) is 0 Å². The molecule has 0 saturated carbocycles. The molecule has 2 aliphatic heterocycles. The maximum atomic E-state index is 2.58. The Labute approximate surface area is 478 Å². The molecule has 0 aliphatic carbocycles. The average molecular weight is 1040 g/mol. The van der Waals surface area contributed by atoms with Crippen molar-refractivity contribution in [1.82, 2.24) is 0 Å². The Morgan fingerprint density at radius 2 is 0.580 bits per heavy atom. The molecule has 386 valence electrons. The molecular weight excluding hydrogens is 976 g/mol. The summed E-state index contributed by atoms with van der Waals surface area (Å²) in [6.45, 7) is 13.4. The molecule has 2 heterocycles. The van der Waals surface area contributed by atoms with Gasteiger partial charge in [-0.25, -0.2) is 0 Å². The molecule has 0 atom stereocenters. The number of fused-ring (bicyclic) bond motifs is 4. The van der Waals surface area contributed by atoms with Crippen molar-refractivity contribution in [3.8, 4) is 77.9 Å². The fourth-order valence-corrected chi connectivity index (χ4v) is 13.7. The summed E-state index contributed by atoms with van der Waals surface area (Å²) in [6.07, 6.45) is 0. The Balaban J connectivity index is 1.12. The molecule has 0 amide bonds. The molecule has 0 fully saturated rings. The summed E-state index contributed by atoms with van der Waals surface area (Å²) in [6, 6.07) is 97.8. The molecular formula is C78H61BN2. The number of hydrogen-bond donors (Lipinski definition) is 0. The normalized spacial score (nSPS) is 12.2. The Morgan fingerprint density at radius 1 is 0.247 bits per heavy atom. The Hall–Kier alpha value is -9.70. The molecule has 0 radical (unpaired) electrons. The highest BCUT2D eigenvalue weighted by Crippen LogP contribution is 2.50. The Kier molecular flexibility index (Phi) is 12.4. The molecule has 0 bridgehead atoms. The van der Waals surface area contributed by atoms with Crippen LogP contribution in [0.3, 0.4) is 0 Å². The first kappa shape index (κ1) is 49.6. The quantitative estimate of drug-likeness (QED) is 0.133.